The summed E-state index contributed by atoms with van der Waals surface area (Å²) in [6.45, 7) is -0.144. The highest BCUT2D eigenvalue weighted by atomic mass is 35.5. The predicted octanol–water partition coefficient (Wildman–Crippen LogP) is 4.07. The quantitative estimate of drug-likeness (QED) is 0.848. The van der Waals surface area contributed by atoms with Crippen LogP contribution in [-0.4, -0.2) is 0 Å². The highest BCUT2D eigenvalue weighted by Gasteiger charge is 2.09. The lowest BCUT2D eigenvalue weighted by Gasteiger charge is -2.09. The second-order valence-electron chi connectivity index (χ2n) is 3.76. The van der Waals surface area contributed by atoms with E-state index in [4.69, 9.17) is 21.6 Å². The van der Waals surface area contributed by atoms with Crippen molar-refractivity contribution in [2.75, 3.05) is 0 Å². The Kier molecular flexibility index (Phi) is 3.98. The van der Waals surface area contributed by atoms with E-state index in [1.165, 1.54) is 30.3 Å². The van der Waals surface area contributed by atoms with E-state index in [-0.39, 0.29) is 17.2 Å². The highest BCUT2D eigenvalue weighted by Crippen LogP contribution is 2.26. The predicted molar refractivity (Wildman–Crippen MR) is 66.9 cm³/mol. The van der Waals surface area contributed by atoms with E-state index < -0.39 is 11.6 Å². The van der Waals surface area contributed by atoms with Crippen molar-refractivity contribution < 1.29 is 13.5 Å². The fourth-order valence-corrected chi connectivity index (χ4v) is 1.74. The lowest BCUT2D eigenvalue weighted by molar-refractivity contribution is 0.297. The first-order valence-electron chi connectivity index (χ1n) is 5.37. The molecule has 0 bridgehead atoms. The van der Waals surface area contributed by atoms with Crippen molar-refractivity contribution in [3.05, 3.63) is 64.2 Å². The summed E-state index contributed by atoms with van der Waals surface area (Å²) in [6.07, 6.45) is 0. The van der Waals surface area contributed by atoms with Crippen LogP contribution in [0.1, 0.15) is 11.1 Å². The molecule has 2 rings (SSSR count). The first-order valence-corrected chi connectivity index (χ1v) is 5.75. The summed E-state index contributed by atoms with van der Waals surface area (Å²) in [6, 6.07) is 10.3. The molecule has 5 heteroatoms. The minimum atomic E-state index is -0.938. The smallest absolute Gasteiger partial charge is 0.165 e. The van der Waals surface area contributed by atoms with Crippen LogP contribution in [0.25, 0.3) is 0 Å². The van der Waals surface area contributed by atoms with Gasteiger partial charge in [-0.1, -0.05) is 23.7 Å². The molecule has 0 fully saturated rings. The molecule has 0 unspecified atom stereocenters. The lowest BCUT2D eigenvalue weighted by atomic mass is 10.2. The van der Waals surface area contributed by atoms with Crippen LogP contribution in [0, 0.1) is 23.0 Å². The van der Waals surface area contributed by atoms with Crippen molar-refractivity contribution >= 4 is 11.6 Å². The molecule has 0 amide bonds. The van der Waals surface area contributed by atoms with Gasteiger partial charge in [-0.05, 0) is 24.3 Å². The molecule has 0 aliphatic heterocycles. The molecule has 0 saturated heterocycles. The molecular formula is C14H8ClF2NO. The molecule has 0 radical (unpaired) electrons. The Hall–Kier alpha value is -2.12. The number of halogens is 3. The maximum atomic E-state index is 13.4. The van der Waals surface area contributed by atoms with Crippen molar-refractivity contribution in [1.29, 1.82) is 5.26 Å². The molecule has 0 aliphatic rings. The van der Waals surface area contributed by atoms with Crippen molar-refractivity contribution in [3.8, 4) is 11.8 Å². The van der Waals surface area contributed by atoms with E-state index in [1.54, 1.807) is 0 Å². The van der Waals surface area contributed by atoms with E-state index in [9.17, 15) is 8.78 Å². The van der Waals surface area contributed by atoms with Crippen LogP contribution >= 0.6 is 11.6 Å². The Balaban J connectivity index is 2.15. The van der Waals surface area contributed by atoms with Gasteiger partial charge in [0.1, 0.15) is 12.4 Å². The molecule has 0 aliphatic carbocycles. The monoisotopic (exact) mass is 279 g/mol. The topological polar surface area (TPSA) is 33.0 Å². The lowest BCUT2D eigenvalue weighted by Crippen LogP contribution is -2.00. The van der Waals surface area contributed by atoms with Crippen molar-refractivity contribution in [3.63, 3.8) is 0 Å². The van der Waals surface area contributed by atoms with E-state index in [0.29, 0.717) is 11.3 Å². The first-order chi connectivity index (χ1) is 9.11. The maximum absolute atomic E-state index is 13.4. The number of ether oxygens (including phenoxy) is 1. The molecule has 0 heterocycles. The van der Waals surface area contributed by atoms with Gasteiger partial charge in [0.25, 0.3) is 0 Å². The molecule has 0 spiro atoms. The fourth-order valence-electron chi connectivity index (χ4n) is 1.50. The van der Waals surface area contributed by atoms with Gasteiger partial charge in [0.05, 0.1) is 16.7 Å². The van der Waals surface area contributed by atoms with Gasteiger partial charge in [-0.2, -0.15) is 5.26 Å². The van der Waals surface area contributed by atoms with Crippen LogP contribution < -0.4 is 4.74 Å². The highest BCUT2D eigenvalue weighted by molar-refractivity contribution is 6.32. The van der Waals surface area contributed by atoms with Gasteiger partial charge in [-0.15, -0.1) is 0 Å². The maximum Gasteiger partial charge on any atom is 0.165 e. The first kappa shape index (κ1) is 13.3. The van der Waals surface area contributed by atoms with E-state index >= 15 is 0 Å². The van der Waals surface area contributed by atoms with E-state index in [2.05, 4.69) is 0 Å². The third-order valence-electron chi connectivity index (χ3n) is 2.48. The Morgan fingerprint density at radius 3 is 2.68 bits per heavy atom. The van der Waals surface area contributed by atoms with Gasteiger partial charge in [-0.25, -0.2) is 8.78 Å². The Bertz CT molecular complexity index is 652. The summed E-state index contributed by atoms with van der Waals surface area (Å²) in [5.74, 6) is -1.55. The summed E-state index contributed by atoms with van der Waals surface area (Å²) in [5.41, 5.74) is 0.495. The van der Waals surface area contributed by atoms with Gasteiger partial charge < -0.3 is 4.74 Å². The minimum absolute atomic E-state index is 0.0976. The molecule has 2 nitrogen and oxygen atoms in total. The summed E-state index contributed by atoms with van der Waals surface area (Å²) in [5, 5.41) is 8.93. The fraction of sp³-hybridized carbons (Fsp3) is 0.0714. The van der Waals surface area contributed by atoms with Crippen LogP contribution in [-0.2, 0) is 6.61 Å². The van der Waals surface area contributed by atoms with Crippen LogP contribution in [0.3, 0.4) is 0 Å². The standard InChI is InChI=1S/C14H8ClF2NO/c15-11-6-9(7-18)4-5-13(11)19-8-10-2-1-3-12(16)14(10)17/h1-6H,8H2. The average molecular weight is 280 g/mol. The summed E-state index contributed by atoms with van der Waals surface area (Å²) >= 11 is 5.90. The van der Waals surface area contributed by atoms with Gasteiger partial charge in [0, 0.05) is 5.56 Å². The Morgan fingerprint density at radius 1 is 1.21 bits per heavy atom. The van der Waals surface area contributed by atoms with Crippen LogP contribution in [0.15, 0.2) is 36.4 Å². The minimum Gasteiger partial charge on any atom is -0.487 e. The molecule has 2 aromatic rings. The van der Waals surface area contributed by atoms with Crippen LogP contribution in [0.5, 0.6) is 5.75 Å². The third kappa shape index (κ3) is 3.01. The molecular weight excluding hydrogens is 272 g/mol. The van der Waals surface area contributed by atoms with Crippen molar-refractivity contribution in [2.24, 2.45) is 0 Å². The zero-order chi connectivity index (χ0) is 13.8. The average Bonchev–Trinajstić information content (AvgIpc) is 2.41. The molecule has 0 saturated carbocycles. The normalized spacial score (nSPS) is 10.0. The van der Waals surface area contributed by atoms with Crippen molar-refractivity contribution in [2.45, 2.75) is 6.61 Å². The van der Waals surface area contributed by atoms with E-state index in [1.807, 2.05) is 6.07 Å². The van der Waals surface area contributed by atoms with Crippen LogP contribution in [0.4, 0.5) is 8.78 Å². The molecule has 96 valence electrons. The SMILES string of the molecule is N#Cc1ccc(OCc2cccc(F)c2F)c(Cl)c1. The number of hydrogen-bond donors (Lipinski definition) is 0. The number of benzene rings is 2. The number of rotatable bonds is 3. The third-order valence-corrected chi connectivity index (χ3v) is 2.77. The van der Waals surface area contributed by atoms with Gasteiger partial charge in [0.2, 0.25) is 0 Å². The zero-order valence-electron chi connectivity index (χ0n) is 9.66. The Labute approximate surface area is 113 Å². The van der Waals surface area contributed by atoms with E-state index in [0.717, 1.165) is 6.07 Å². The summed E-state index contributed by atoms with van der Waals surface area (Å²) in [4.78, 5) is 0. The molecule has 0 atom stereocenters. The second-order valence-corrected chi connectivity index (χ2v) is 4.17. The van der Waals surface area contributed by atoms with Gasteiger partial charge in [-0.3, -0.25) is 0 Å². The number of hydrogen-bond acceptors (Lipinski definition) is 2. The molecule has 0 aromatic heterocycles. The second kappa shape index (κ2) is 5.68. The summed E-state index contributed by atoms with van der Waals surface area (Å²) in [7, 11) is 0. The molecule has 0 N–H and O–H groups in total. The number of nitrogens with zero attached hydrogens (tertiary/aromatic N) is 1. The largest absolute Gasteiger partial charge is 0.487 e. The molecule has 2 aromatic carbocycles. The van der Waals surface area contributed by atoms with Crippen molar-refractivity contribution in [1.82, 2.24) is 0 Å². The van der Waals surface area contributed by atoms with Gasteiger partial charge in [0.15, 0.2) is 11.6 Å². The summed E-state index contributed by atoms with van der Waals surface area (Å²) < 4.78 is 31.7. The van der Waals surface area contributed by atoms with Crippen LogP contribution in [0.2, 0.25) is 5.02 Å². The Morgan fingerprint density at radius 2 is 2.00 bits per heavy atom. The molecule has 19 heavy (non-hydrogen) atoms. The zero-order valence-corrected chi connectivity index (χ0v) is 10.4. The number of nitriles is 1. The van der Waals surface area contributed by atoms with Gasteiger partial charge >= 0.3 is 0 Å².